The molecule has 0 saturated heterocycles. The topological polar surface area (TPSA) is 82.7 Å². The highest BCUT2D eigenvalue weighted by Crippen LogP contribution is 2.57. The van der Waals surface area contributed by atoms with Gasteiger partial charge in [0, 0.05) is 7.11 Å². The molecular formula is C23H39NO4. The van der Waals surface area contributed by atoms with Crippen LogP contribution in [0.5, 0.6) is 0 Å². The Morgan fingerprint density at radius 1 is 1.18 bits per heavy atom. The number of nitriles is 1. The fourth-order valence-electron chi connectivity index (χ4n) is 6.67. The number of aliphatic hydroxyl groups is 2. The second kappa shape index (κ2) is 9.00. The van der Waals surface area contributed by atoms with Gasteiger partial charge in [-0.2, -0.15) is 5.26 Å². The van der Waals surface area contributed by atoms with Gasteiger partial charge in [0.15, 0.2) is 0 Å². The molecule has 3 aliphatic carbocycles. The van der Waals surface area contributed by atoms with Gasteiger partial charge in [0.1, 0.15) is 0 Å². The van der Waals surface area contributed by atoms with Crippen molar-refractivity contribution in [2.45, 2.75) is 89.9 Å². The number of fused-ring (bicyclic) bond motifs is 1. The Balaban J connectivity index is 1.72. The van der Waals surface area contributed by atoms with Crippen LogP contribution in [0.2, 0.25) is 0 Å². The van der Waals surface area contributed by atoms with Crippen molar-refractivity contribution in [3.8, 4) is 6.07 Å². The van der Waals surface area contributed by atoms with E-state index in [1.165, 1.54) is 0 Å². The molecule has 5 heteroatoms. The van der Waals surface area contributed by atoms with E-state index in [1.807, 2.05) is 0 Å². The average Bonchev–Trinajstić information content (AvgIpc) is 3.02. The summed E-state index contributed by atoms with van der Waals surface area (Å²) in [5.74, 6) is 0.706. The van der Waals surface area contributed by atoms with E-state index in [0.717, 1.165) is 57.8 Å². The molecule has 0 radical (unpaired) electrons. The Bertz CT molecular complexity index is 563. The van der Waals surface area contributed by atoms with Crippen molar-refractivity contribution in [2.75, 3.05) is 20.3 Å². The summed E-state index contributed by atoms with van der Waals surface area (Å²) >= 11 is 0. The van der Waals surface area contributed by atoms with Crippen molar-refractivity contribution in [3.05, 3.63) is 0 Å². The van der Waals surface area contributed by atoms with Crippen molar-refractivity contribution < 1.29 is 19.7 Å². The van der Waals surface area contributed by atoms with Crippen LogP contribution in [0, 0.1) is 39.9 Å². The van der Waals surface area contributed by atoms with Crippen molar-refractivity contribution in [2.24, 2.45) is 28.6 Å². The van der Waals surface area contributed by atoms with Crippen LogP contribution < -0.4 is 0 Å². The van der Waals surface area contributed by atoms with Gasteiger partial charge < -0.3 is 19.7 Å². The van der Waals surface area contributed by atoms with Crippen molar-refractivity contribution in [3.63, 3.8) is 0 Å². The van der Waals surface area contributed by atoms with Gasteiger partial charge in [-0.1, -0.05) is 26.7 Å². The van der Waals surface area contributed by atoms with Gasteiger partial charge in [-0.25, -0.2) is 0 Å². The zero-order chi connectivity index (χ0) is 20.4. The minimum atomic E-state index is -0.429. The molecule has 8 unspecified atom stereocenters. The van der Waals surface area contributed by atoms with Crippen LogP contribution in [0.1, 0.15) is 71.6 Å². The predicted molar refractivity (Wildman–Crippen MR) is 107 cm³/mol. The highest BCUT2D eigenvalue weighted by molar-refractivity contribution is 5.05. The zero-order valence-corrected chi connectivity index (χ0v) is 17.9. The normalized spacial score (nSPS) is 44.6. The van der Waals surface area contributed by atoms with Gasteiger partial charge in [0.05, 0.1) is 43.5 Å². The lowest BCUT2D eigenvalue weighted by atomic mass is 9.52. The number of hydrogen-bond donors (Lipinski definition) is 2. The molecular weight excluding hydrogens is 354 g/mol. The standard InChI is InChI=1S/C23H39NO4/c1-22(9-5-7-17(22)15-24)13-20(26)18-8-4-6-16-12-19(25)21(14-23(16,18)2)28-11-10-27-3/h16-21,25-26H,4-14H2,1-3H3. The van der Waals surface area contributed by atoms with Gasteiger partial charge in [0.25, 0.3) is 0 Å². The molecule has 0 aliphatic heterocycles. The Hall–Kier alpha value is -0.670. The molecule has 0 aromatic heterocycles. The molecule has 0 amide bonds. The lowest BCUT2D eigenvalue weighted by Gasteiger charge is -2.55. The first kappa shape index (κ1) is 22.0. The van der Waals surface area contributed by atoms with E-state index < -0.39 is 6.10 Å². The zero-order valence-electron chi connectivity index (χ0n) is 17.9. The van der Waals surface area contributed by atoms with E-state index in [9.17, 15) is 15.5 Å². The molecule has 3 saturated carbocycles. The van der Waals surface area contributed by atoms with Crippen molar-refractivity contribution >= 4 is 0 Å². The monoisotopic (exact) mass is 393 g/mol. The van der Waals surface area contributed by atoms with Gasteiger partial charge in [-0.05, 0) is 67.6 Å². The van der Waals surface area contributed by atoms with Crippen LogP contribution in [0.4, 0.5) is 0 Å². The van der Waals surface area contributed by atoms with E-state index in [4.69, 9.17) is 9.47 Å². The smallest absolute Gasteiger partial charge is 0.0840 e. The van der Waals surface area contributed by atoms with E-state index in [1.54, 1.807) is 7.11 Å². The lowest BCUT2D eigenvalue weighted by molar-refractivity contribution is -0.160. The van der Waals surface area contributed by atoms with Crippen LogP contribution in [-0.2, 0) is 9.47 Å². The summed E-state index contributed by atoms with van der Waals surface area (Å²) in [5, 5.41) is 31.5. The lowest BCUT2D eigenvalue weighted by Crippen LogP contribution is -2.54. The summed E-state index contributed by atoms with van der Waals surface area (Å²) in [7, 11) is 1.66. The molecule has 0 heterocycles. The second-order valence-corrected chi connectivity index (χ2v) is 10.1. The Morgan fingerprint density at radius 2 is 1.96 bits per heavy atom. The van der Waals surface area contributed by atoms with Crippen LogP contribution in [0.3, 0.4) is 0 Å². The molecule has 0 spiro atoms. The fourth-order valence-corrected chi connectivity index (χ4v) is 6.67. The predicted octanol–water partition coefficient (Wildman–Crippen LogP) is 3.68. The summed E-state index contributed by atoms with van der Waals surface area (Å²) in [4.78, 5) is 0. The number of hydrogen-bond acceptors (Lipinski definition) is 5. The summed E-state index contributed by atoms with van der Waals surface area (Å²) in [6, 6.07) is 2.49. The molecule has 28 heavy (non-hydrogen) atoms. The Labute approximate surface area is 170 Å². The van der Waals surface area contributed by atoms with E-state index in [0.29, 0.717) is 19.1 Å². The molecule has 2 N–H and O–H groups in total. The highest BCUT2D eigenvalue weighted by Gasteiger charge is 2.53. The van der Waals surface area contributed by atoms with Crippen LogP contribution in [0.15, 0.2) is 0 Å². The molecule has 8 atom stereocenters. The SMILES string of the molecule is COCCOC1CC2(C)C(CCCC2C(O)CC2(C)CCCC2C#N)CC1O. The maximum atomic E-state index is 11.4. The molecule has 5 nitrogen and oxygen atoms in total. The summed E-state index contributed by atoms with van der Waals surface area (Å²) in [6.07, 6.45) is 7.63. The molecule has 3 aliphatic rings. The quantitative estimate of drug-likeness (QED) is 0.645. The summed E-state index contributed by atoms with van der Waals surface area (Å²) in [6.45, 7) is 5.53. The fraction of sp³-hybridized carbons (Fsp3) is 0.957. The van der Waals surface area contributed by atoms with E-state index >= 15 is 0 Å². The average molecular weight is 394 g/mol. The second-order valence-electron chi connectivity index (χ2n) is 10.1. The minimum Gasteiger partial charge on any atom is -0.393 e. The van der Waals surface area contributed by atoms with Crippen LogP contribution in [0.25, 0.3) is 0 Å². The molecule has 3 fully saturated rings. The Kier molecular flexibility index (Phi) is 7.08. The first-order valence-electron chi connectivity index (χ1n) is 11.2. The largest absolute Gasteiger partial charge is 0.393 e. The maximum absolute atomic E-state index is 11.4. The Morgan fingerprint density at radius 3 is 2.68 bits per heavy atom. The van der Waals surface area contributed by atoms with Gasteiger partial charge in [-0.15, -0.1) is 0 Å². The van der Waals surface area contributed by atoms with E-state index in [-0.39, 0.29) is 34.9 Å². The van der Waals surface area contributed by atoms with Gasteiger partial charge in [-0.3, -0.25) is 0 Å². The number of nitrogens with zero attached hydrogens (tertiary/aromatic N) is 1. The molecule has 3 rings (SSSR count). The third-order valence-corrected chi connectivity index (χ3v) is 8.44. The minimum absolute atomic E-state index is 0.0221. The summed E-state index contributed by atoms with van der Waals surface area (Å²) < 4.78 is 11.1. The van der Waals surface area contributed by atoms with Crippen molar-refractivity contribution in [1.29, 1.82) is 5.26 Å². The van der Waals surface area contributed by atoms with Gasteiger partial charge in [0.2, 0.25) is 0 Å². The van der Waals surface area contributed by atoms with Gasteiger partial charge >= 0.3 is 0 Å². The van der Waals surface area contributed by atoms with Crippen LogP contribution >= 0.6 is 0 Å². The number of rotatable bonds is 7. The number of ether oxygens (including phenoxy) is 2. The van der Waals surface area contributed by atoms with E-state index in [2.05, 4.69) is 19.9 Å². The van der Waals surface area contributed by atoms with Crippen LogP contribution in [-0.4, -0.2) is 48.8 Å². The van der Waals surface area contributed by atoms with Crippen molar-refractivity contribution in [1.82, 2.24) is 0 Å². The first-order chi connectivity index (χ1) is 13.3. The molecule has 0 aromatic carbocycles. The molecule has 0 aromatic rings. The molecule has 0 bridgehead atoms. The number of methoxy groups -OCH3 is 1. The first-order valence-corrected chi connectivity index (χ1v) is 11.2. The third kappa shape index (κ3) is 4.26. The number of aliphatic hydroxyl groups excluding tert-OH is 2. The third-order valence-electron chi connectivity index (χ3n) is 8.44. The summed E-state index contributed by atoms with van der Waals surface area (Å²) in [5.41, 5.74) is -0.0915. The maximum Gasteiger partial charge on any atom is 0.0840 e. The highest BCUT2D eigenvalue weighted by atomic mass is 16.5. The molecule has 160 valence electrons.